The molecule has 6 heteroatoms. The normalized spacial score (nSPS) is 12.9. The lowest BCUT2D eigenvalue weighted by molar-refractivity contribution is -0.167. The minimum Gasteiger partial charge on any atom is -0.462 e. The lowest BCUT2D eigenvalue weighted by Crippen LogP contribution is -2.30. The summed E-state index contributed by atoms with van der Waals surface area (Å²) in [5.74, 6) is -0.904. The molecule has 1 atom stereocenters. The summed E-state index contributed by atoms with van der Waals surface area (Å²) in [7, 11) is 0. The van der Waals surface area contributed by atoms with E-state index in [1.807, 2.05) is 0 Å². The molecule has 0 aliphatic carbocycles. The molecule has 82 heavy (non-hydrogen) atoms. The van der Waals surface area contributed by atoms with E-state index in [-0.39, 0.29) is 31.1 Å². The van der Waals surface area contributed by atoms with Gasteiger partial charge in [-0.05, 0) is 135 Å². The van der Waals surface area contributed by atoms with Gasteiger partial charge in [-0.15, -0.1) is 0 Å². The molecule has 0 saturated carbocycles. The van der Waals surface area contributed by atoms with Gasteiger partial charge in [-0.1, -0.05) is 290 Å². The Labute approximate surface area is 507 Å². The van der Waals surface area contributed by atoms with Crippen molar-refractivity contribution in [2.75, 3.05) is 13.2 Å². The van der Waals surface area contributed by atoms with Crippen molar-refractivity contribution >= 4 is 17.9 Å². The maximum Gasteiger partial charge on any atom is 0.306 e. The van der Waals surface area contributed by atoms with Gasteiger partial charge in [-0.3, -0.25) is 14.4 Å². The number of carbonyl (C=O) groups is 3. The van der Waals surface area contributed by atoms with E-state index in [1.54, 1.807) is 0 Å². The van der Waals surface area contributed by atoms with Crippen LogP contribution in [0.2, 0.25) is 0 Å². The lowest BCUT2D eigenvalue weighted by Gasteiger charge is -2.18. The van der Waals surface area contributed by atoms with Gasteiger partial charge in [0.25, 0.3) is 0 Å². The van der Waals surface area contributed by atoms with Crippen LogP contribution in [0.1, 0.15) is 323 Å². The van der Waals surface area contributed by atoms with Crippen LogP contribution in [0, 0.1) is 0 Å². The van der Waals surface area contributed by atoms with Crippen molar-refractivity contribution in [1.29, 1.82) is 0 Å². The Morgan fingerprint density at radius 1 is 0.256 bits per heavy atom. The molecular formula is C76H128O6. The second kappa shape index (κ2) is 69.3. The van der Waals surface area contributed by atoms with Crippen LogP contribution in [0.4, 0.5) is 0 Å². The number of unbranched alkanes of at least 4 members (excludes halogenated alkanes) is 31. The van der Waals surface area contributed by atoms with Crippen LogP contribution >= 0.6 is 0 Å². The molecular weight excluding hydrogens is 1010 g/mol. The molecule has 0 fully saturated rings. The molecule has 6 nitrogen and oxygen atoms in total. The van der Waals surface area contributed by atoms with E-state index in [0.717, 1.165) is 135 Å². The summed E-state index contributed by atoms with van der Waals surface area (Å²) in [4.78, 5) is 38.4. The second-order valence-electron chi connectivity index (χ2n) is 22.7. The van der Waals surface area contributed by atoms with Crippen LogP contribution in [0.3, 0.4) is 0 Å². The quantitative estimate of drug-likeness (QED) is 0.0261. The first-order valence-corrected chi connectivity index (χ1v) is 34.5. The zero-order valence-corrected chi connectivity index (χ0v) is 53.7. The zero-order chi connectivity index (χ0) is 59.2. The molecule has 0 bridgehead atoms. The van der Waals surface area contributed by atoms with Crippen molar-refractivity contribution in [2.24, 2.45) is 0 Å². The molecule has 0 aromatic rings. The first-order valence-electron chi connectivity index (χ1n) is 34.5. The lowest BCUT2D eigenvalue weighted by atomic mass is 10.1. The fraction of sp³-hybridized carbons (Fsp3) is 0.697. The molecule has 1 unspecified atom stereocenters. The molecule has 0 aromatic carbocycles. The minimum atomic E-state index is -0.792. The summed E-state index contributed by atoms with van der Waals surface area (Å²) in [5.41, 5.74) is 0. The summed E-state index contributed by atoms with van der Waals surface area (Å²) >= 11 is 0. The molecule has 0 N–H and O–H groups in total. The monoisotopic (exact) mass is 1140 g/mol. The smallest absolute Gasteiger partial charge is 0.306 e. The highest BCUT2D eigenvalue weighted by molar-refractivity contribution is 5.71. The van der Waals surface area contributed by atoms with Crippen LogP contribution in [0.25, 0.3) is 0 Å². The van der Waals surface area contributed by atoms with Crippen molar-refractivity contribution in [2.45, 2.75) is 329 Å². The Kier molecular flexibility index (Phi) is 65.8. The fourth-order valence-corrected chi connectivity index (χ4v) is 9.51. The Bertz CT molecular complexity index is 1690. The summed E-state index contributed by atoms with van der Waals surface area (Å²) in [6.07, 6.45) is 96.4. The van der Waals surface area contributed by atoms with Crippen LogP contribution in [-0.4, -0.2) is 37.2 Å². The van der Waals surface area contributed by atoms with E-state index in [4.69, 9.17) is 14.2 Å². The van der Waals surface area contributed by atoms with Gasteiger partial charge >= 0.3 is 17.9 Å². The molecule has 0 aliphatic rings. The van der Waals surface area contributed by atoms with E-state index < -0.39 is 6.10 Å². The number of carbonyl (C=O) groups excluding carboxylic acids is 3. The maximum atomic E-state index is 12.9. The Morgan fingerprint density at radius 2 is 0.476 bits per heavy atom. The molecule has 0 saturated heterocycles. The summed E-state index contributed by atoms with van der Waals surface area (Å²) in [5, 5.41) is 0. The van der Waals surface area contributed by atoms with E-state index in [0.29, 0.717) is 19.3 Å². The number of allylic oxidation sites excluding steroid dienone is 20. The molecule has 0 aromatic heterocycles. The number of hydrogen-bond donors (Lipinski definition) is 0. The number of ether oxygens (including phenoxy) is 3. The minimum absolute atomic E-state index is 0.0879. The average Bonchev–Trinajstić information content (AvgIpc) is 3.47. The highest BCUT2D eigenvalue weighted by Crippen LogP contribution is 2.16. The van der Waals surface area contributed by atoms with E-state index >= 15 is 0 Å². The van der Waals surface area contributed by atoms with Crippen LogP contribution in [-0.2, 0) is 28.6 Å². The van der Waals surface area contributed by atoms with Crippen molar-refractivity contribution < 1.29 is 28.6 Å². The van der Waals surface area contributed by atoms with Gasteiger partial charge in [0, 0.05) is 19.3 Å². The number of hydrogen-bond acceptors (Lipinski definition) is 6. The van der Waals surface area contributed by atoms with Gasteiger partial charge in [-0.25, -0.2) is 0 Å². The van der Waals surface area contributed by atoms with Crippen LogP contribution in [0.5, 0.6) is 0 Å². The highest BCUT2D eigenvalue weighted by Gasteiger charge is 2.19. The predicted molar refractivity (Wildman–Crippen MR) is 357 cm³/mol. The number of esters is 3. The predicted octanol–water partition coefficient (Wildman–Crippen LogP) is 23.9. The van der Waals surface area contributed by atoms with Crippen molar-refractivity contribution in [3.63, 3.8) is 0 Å². The van der Waals surface area contributed by atoms with Gasteiger partial charge in [0.05, 0.1) is 0 Å². The van der Waals surface area contributed by atoms with Crippen molar-refractivity contribution in [3.8, 4) is 0 Å². The highest BCUT2D eigenvalue weighted by atomic mass is 16.6. The van der Waals surface area contributed by atoms with Crippen molar-refractivity contribution in [3.05, 3.63) is 122 Å². The third-order valence-electron chi connectivity index (χ3n) is 14.7. The van der Waals surface area contributed by atoms with Crippen LogP contribution in [0.15, 0.2) is 122 Å². The molecule has 0 amide bonds. The fourth-order valence-electron chi connectivity index (χ4n) is 9.51. The molecule has 0 radical (unpaired) electrons. The Morgan fingerprint density at radius 3 is 0.756 bits per heavy atom. The Hall–Kier alpha value is -4.19. The van der Waals surface area contributed by atoms with Gasteiger partial charge < -0.3 is 14.2 Å². The van der Waals surface area contributed by atoms with Gasteiger partial charge in [-0.2, -0.15) is 0 Å². The first-order chi connectivity index (χ1) is 40.5. The summed E-state index contributed by atoms with van der Waals surface area (Å²) in [6.45, 7) is 6.52. The van der Waals surface area contributed by atoms with Gasteiger partial charge in [0.15, 0.2) is 6.10 Å². The SMILES string of the molecule is CC/C=C\C/C=C\C/C=C\C/C=C\C/C=C\C/C=C\C/C=C\C/C=C\CCCCCCCCCCC(=O)OCC(COC(=O)CCCCCCC/C=C\CCCCCCCC)OC(=O)CCCCCCC/C=C\CCCCCCCCC. The largest absolute Gasteiger partial charge is 0.462 e. The van der Waals surface area contributed by atoms with Gasteiger partial charge in [0.1, 0.15) is 13.2 Å². The zero-order valence-electron chi connectivity index (χ0n) is 53.7. The van der Waals surface area contributed by atoms with Crippen LogP contribution < -0.4 is 0 Å². The number of rotatable bonds is 62. The topological polar surface area (TPSA) is 78.9 Å². The second-order valence-corrected chi connectivity index (χ2v) is 22.7. The third-order valence-corrected chi connectivity index (χ3v) is 14.7. The maximum absolute atomic E-state index is 12.9. The molecule has 0 aliphatic heterocycles. The first kappa shape index (κ1) is 77.8. The average molecular weight is 1140 g/mol. The van der Waals surface area contributed by atoms with Gasteiger partial charge in [0.2, 0.25) is 0 Å². The third kappa shape index (κ3) is 66.6. The summed E-state index contributed by atoms with van der Waals surface area (Å²) < 4.78 is 16.9. The molecule has 0 heterocycles. The molecule has 468 valence electrons. The van der Waals surface area contributed by atoms with E-state index in [9.17, 15) is 14.4 Å². The summed E-state index contributed by atoms with van der Waals surface area (Å²) in [6, 6.07) is 0. The van der Waals surface area contributed by atoms with E-state index in [2.05, 4.69) is 142 Å². The molecule has 0 spiro atoms. The van der Waals surface area contributed by atoms with E-state index in [1.165, 1.54) is 148 Å². The standard InChI is InChI=1S/C76H128O6/c1-4-7-10-13-16-19-22-25-28-30-31-32-33-34-35-36-37-38-39-40-41-42-43-44-45-46-49-51-54-57-60-63-66-69-75(78)81-72-73(71-80-74(77)68-65-62-59-56-53-50-47-27-24-21-18-15-12-9-6-3)82-76(79)70-67-64-61-58-55-52-48-29-26-23-20-17-14-11-8-5-2/h7,10,16,19,25,27-29,31-32,34-35,37-38,40-41,43-44,47-48,73H,4-6,8-9,11-15,17-18,20-24,26,30,33,36,39,42,45-46,49-72H2,1-3H3/b10-7-,19-16-,28-25-,32-31-,35-34-,38-37-,41-40-,44-43-,47-27-,48-29-. The molecule has 0 rings (SSSR count). The Balaban J connectivity index is 4.31. The van der Waals surface area contributed by atoms with Crippen molar-refractivity contribution in [1.82, 2.24) is 0 Å².